The van der Waals surface area contributed by atoms with E-state index in [0.29, 0.717) is 6.26 Å². The average Bonchev–Trinajstić information content (AvgIpc) is 2.09. The summed E-state index contributed by atoms with van der Waals surface area (Å²) in [5.41, 5.74) is 0. The highest BCUT2D eigenvalue weighted by Gasteiger charge is 2.30. The largest absolute Gasteiger partial charge is 0.266 e. The van der Waals surface area contributed by atoms with Gasteiger partial charge in [0.2, 0.25) is 5.82 Å². The molecule has 0 N–H and O–H groups in total. The van der Waals surface area contributed by atoms with Gasteiger partial charge in [0.15, 0.2) is 23.3 Å². The predicted molar refractivity (Wildman–Crippen MR) is 45.8 cm³/mol. The molecule has 0 saturated heterocycles. The van der Waals surface area contributed by atoms with E-state index < -0.39 is 43.1 Å². The third-order valence-electron chi connectivity index (χ3n) is 1.59. The van der Waals surface area contributed by atoms with Crippen LogP contribution >= 0.6 is 10.7 Å². The molecule has 0 amide bonds. The quantitative estimate of drug-likeness (QED) is 0.272. The lowest BCUT2D eigenvalue weighted by molar-refractivity contribution is 0.359. The van der Waals surface area contributed by atoms with Crippen LogP contribution in [0.15, 0.2) is 4.90 Å². The molecule has 1 aromatic carbocycles. The number of thiol groups is 1. The van der Waals surface area contributed by atoms with Gasteiger partial charge >= 0.3 is 0 Å². The first-order valence-electron chi connectivity index (χ1n) is 3.47. The molecule has 1 rings (SSSR count). The van der Waals surface area contributed by atoms with Gasteiger partial charge in [-0.25, -0.2) is 22.0 Å². The van der Waals surface area contributed by atoms with Crippen LogP contribution in [0.4, 0.5) is 22.0 Å². The van der Waals surface area contributed by atoms with Gasteiger partial charge < -0.3 is 0 Å². The Morgan fingerprint density at radius 2 is 1.13 bits per heavy atom. The minimum Gasteiger partial charge on any atom is -0.266 e. The SMILES string of the molecule is C[SH](=O)(Cl)c1c(F)c(F)c(F)c(F)c1F. The van der Waals surface area contributed by atoms with Gasteiger partial charge in [0.05, 0.1) is 0 Å². The normalized spacial score (nSPS) is 13.0. The maximum atomic E-state index is 12.9. The summed E-state index contributed by atoms with van der Waals surface area (Å²) in [7, 11) is 0.994. The van der Waals surface area contributed by atoms with Crippen LogP contribution in [-0.4, -0.2) is 10.5 Å². The molecule has 0 bridgehead atoms. The van der Waals surface area contributed by atoms with Gasteiger partial charge in [-0.2, -0.15) is 0 Å². The van der Waals surface area contributed by atoms with Gasteiger partial charge in [-0.15, -0.1) is 0 Å². The van der Waals surface area contributed by atoms with Gasteiger partial charge in [-0.05, 0) is 19.8 Å². The van der Waals surface area contributed by atoms with Crippen molar-refractivity contribution in [2.24, 2.45) is 0 Å². The first-order chi connectivity index (χ1) is 6.68. The van der Waals surface area contributed by atoms with Crippen LogP contribution in [0.5, 0.6) is 0 Å². The maximum absolute atomic E-state index is 12.9. The van der Waals surface area contributed by atoms with E-state index in [1.54, 1.807) is 0 Å². The highest BCUT2D eigenvalue weighted by atomic mass is 35.7. The first kappa shape index (κ1) is 12.4. The Kier molecular flexibility index (Phi) is 3.06. The molecule has 0 aromatic heterocycles. The summed E-state index contributed by atoms with van der Waals surface area (Å²) in [6, 6.07) is 0. The summed E-state index contributed by atoms with van der Waals surface area (Å²) in [5, 5.41) is 0. The topological polar surface area (TPSA) is 17.1 Å². The second-order valence-electron chi connectivity index (χ2n) is 2.74. The van der Waals surface area contributed by atoms with Crippen LogP contribution in [-0.2, 0) is 9.15 Å². The van der Waals surface area contributed by atoms with Crippen molar-refractivity contribution in [3.8, 4) is 0 Å². The molecule has 0 aliphatic rings. The van der Waals surface area contributed by atoms with E-state index in [4.69, 9.17) is 10.7 Å². The molecule has 1 nitrogen and oxygen atoms in total. The Hall–Kier alpha value is -0.690. The van der Waals surface area contributed by atoms with Gasteiger partial charge in [0.1, 0.15) is 4.90 Å². The van der Waals surface area contributed by atoms with Crippen molar-refractivity contribution in [1.29, 1.82) is 0 Å². The smallest absolute Gasteiger partial charge is 0.200 e. The molecule has 0 heterocycles. The molecule has 15 heavy (non-hydrogen) atoms. The second kappa shape index (κ2) is 3.71. The Labute approximate surface area is 86.8 Å². The number of halogens is 6. The number of hydrogen-bond donors (Lipinski definition) is 1. The fourth-order valence-corrected chi connectivity index (χ4v) is 2.29. The standard InChI is InChI=1S/C7H4ClF5OS/c1-15(8,14)7-5(12)3(10)2(9)4(11)6(7)13/h15H,1H3. The lowest BCUT2D eigenvalue weighted by Crippen LogP contribution is -2.12. The number of benzene rings is 1. The van der Waals surface area contributed by atoms with E-state index in [-0.39, 0.29) is 0 Å². The monoisotopic (exact) mass is 266 g/mol. The number of rotatable bonds is 1. The molecular formula is C7H4ClF5OS. The summed E-state index contributed by atoms with van der Waals surface area (Å²) in [4.78, 5) is -1.47. The first-order valence-corrected chi connectivity index (χ1v) is 6.53. The van der Waals surface area contributed by atoms with Crippen molar-refractivity contribution in [3.05, 3.63) is 29.1 Å². The summed E-state index contributed by atoms with van der Waals surface area (Å²) in [6.45, 7) is 0. The molecule has 8 heteroatoms. The van der Waals surface area contributed by atoms with E-state index in [1.807, 2.05) is 0 Å². The van der Waals surface area contributed by atoms with Gasteiger partial charge in [0, 0.05) is 6.26 Å². The lowest BCUT2D eigenvalue weighted by Gasteiger charge is -2.13. The summed E-state index contributed by atoms with van der Waals surface area (Å²) < 4.78 is 74.7. The van der Waals surface area contributed by atoms with Crippen molar-refractivity contribution in [2.75, 3.05) is 6.26 Å². The van der Waals surface area contributed by atoms with E-state index in [0.717, 1.165) is 0 Å². The van der Waals surface area contributed by atoms with Crippen LogP contribution < -0.4 is 0 Å². The molecular weight excluding hydrogens is 263 g/mol. The molecule has 0 aliphatic heterocycles. The van der Waals surface area contributed by atoms with Crippen molar-refractivity contribution in [2.45, 2.75) is 4.90 Å². The summed E-state index contributed by atoms with van der Waals surface area (Å²) >= 11 is 0. The average molecular weight is 267 g/mol. The van der Waals surface area contributed by atoms with Gasteiger partial charge in [-0.1, -0.05) is 0 Å². The fraction of sp³-hybridized carbons (Fsp3) is 0.143. The van der Waals surface area contributed by atoms with E-state index >= 15 is 0 Å². The third kappa shape index (κ3) is 1.98. The minimum absolute atomic E-state index is 0.687. The van der Waals surface area contributed by atoms with Crippen molar-refractivity contribution in [1.82, 2.24) is 0 Å². The molecule has 86 valence electrons. The number of hydrogen-bond acceptors (Lipinski definition) is 1. The third-order valence-corrected chi connectivity index (χ3v) is 3.28. The zero-order valence-electron chi connectivity index (χ0n) is 7.12. The molecule has 0 radical (unpaired) electrons. The van der Waals surface area contributed by atoms with Crippen LogP contribution in [0.1, 0.15) is 0 Å². The van der Waals surface area contributed by atoms with E-state index in [9.17, 15) is 26.2 Å². The summed E-state index contributed by atoms with van der Waals surface area (Å²) in [5.74, 6) is -10.9. The van der Waals surface area contributed by atoms with Gasteiger partial charge in [0.25, 0.3) is 0 Å². The zero-order chi connectivity index (χ0) is 12.0. The van der Waals surface area contributed by atoms with Crippen LogP contribution in [0, 0.1) is 29.1 Å². The lowest BCUT2D eigenvalue weighted by atomic mass is 10.3. The molecule has 0 fully saturated rings. The van der Waals surface area contributed by atoms with Crippen LogP contribution in [0.3, 0.4) is 0 Å². The second-order valence-corrected chi connectivity index (χ2v) is 6.76. The highest BCUT2D eigenvalue weighted by Crippen LogP contribution is 2.31. The fourth-order valence-electron chi connectivity index (χ4n) is 0.944. The highest BCUT2D eigenvalue weighted by molar-refractivity contribution is 8.23. The van der Waals surface area contributed by atoms with Gasteiger partial charge in [-0.3, -0.25) is 4.21 Å². The molecule has 0 spiro atoms. The predicted octanol–water partition coefficient (Wildman–Crippen LogP) is 2.54. The van der Waals surface area contributed by atoms with Crippen LogP contribution in [0.2, 0.25) is 0 Å². The molecule has 0 unspecified atom stereocenters. The molecule has 1 aromatic rings. The Morgan fingerprint density at radius 1 is 0.867 bits per heavy atom. The molecule has 0 saturated carbocycles. The van der Waals surface area contributed by atoms with Crippen molar-refractivity contribution >= 4 is 19.8 Å². The van der Waals surface area contributed by atoms with Crippen molar-refractivity contribution in [3.63, 3.8) is 0 Å². The van der Waals surface area contributed by atoms with E-state index in [2.05, 4.69) is 0 Å². The Balaban J connectivity index is 3.76. The maximum Gasteiger partial charge on any atom is 0.200 e. The summed E-state index contributed by atoms with van der Waals surface area (Å²) in [6.07, 6.45) is 0.687. The Bertz CT molecular complexity index is 440. The zero-order valence-corrected chi connectivity index (χ0v) is 8.77. The van der Waals surface area contributed by atoms with Crippen LogP contribution in [0.25, 0.3) is 0 Å². The minimum atomic E-state index is -4.09. The molecule has 0 aliphatic carbocycles. The van der Waals surface area contributed by atoms with Crippen molar-refractivity contribution < 1.29 is 26.2 Å². The molecule has 0 atom stereocenters. The Morgan fingerprint density at radius 3 is 1.40 bits per heavy atom. The van der Waals surface area contributed by atoms with E-state index in [1.165, 1.54) is 0 Å².